The van der Waals surface area contributed by atoms with E-state index in [1.807, 2.05) is 36.4 Å². The largest absolute Gasteiger partial charge is 0.342 e. The van der Waals surface area contributed by atoms with Crippen molar-refractivity contribution in [2.24, 2.45) is 17.3 Å². The molecule has 1 heterocycles. The lowest BCUT2D eigenvalue weighted by Gasteiger charge is -2.05. The fourth-order valence-electron chi connectivity index (χ4n) is 3.12. The van der Waals surface area contributed by atoms with E-state index in [2.05, 4.69) is 71.2 Å². The van der Waals surface area contributed by atoms with Crippen LogP contribution in [0.2, 0.25) is 0 Å². The second-order valence-electron chi connectivity index (χ2n) is 6.17. The van der Waals surface area contributed by atoms with Gasteiger partial charge in [-0.3, -0.25) is 0 Å². The highest BCUT2D eigenvalue weighted by Gasteiger charge is 2.16. The molecule has 0 N–H and O–H groups in total. The number of para-hydroxylation sites is 1. The molecular weight excluding hydrogens is 306 g/mol. The monoisotopic (exact) mass is 325 g/mol. The Bertz CT molecular complexity index is 1040. The third-order valence-electron chi connectivity index (χ3n) is 4.43. The molecule has 0 aliphatic carbocycles. The minimum absolute atomic E-state index is 0.859. The quantitative estimate of drug-likeness (QED) is 0.381. The first-order valence-corrected chi connectivity index (χ1v) is 8.35. The van der Waals surface area contributed by atoms with Crippen LogP contribution < -0.4 is 0 Å². The van der Waals surface area contributed by atoms with Crippen LogP contribution >= 0.6 is 0 Å². The number of benzene rings is 3. The summed E-state index contributed by atoms with van der Waals surface area (Å²) in [6, 6.07) is 26.8. The van der Waals surface area contributed by atoms with E-state index in [1.165, 1.54) is 5.56 Å². The van der Waals surface area contributed by atoms with Crippen molar-refractivity contribution in [3.63, 3.8) is 0 Å². The van der Waals surface area contributed by atoms with Crippen LogP contribution in [0.5, 0.6) is 0 Å². The van der Waals surface area contributed by atoms with Gasteiger partial charge in [0.25, 0.3) is 0 Å². The van der Waals surface area contributed by atoms with Gasteiger partial charge in [-0.1, -0.05) is 66.2 Å². The molecule has 0 aliphatic rings. The Morgan fingerprint density at radius 3 is 2.16 bits per heavy atom. The van der Waals surface area contributed by atoms with Crippen molar-refractivity contribution in [1.29, 1.82) is 0 Å². The van der Waals surface area contributed by atoms with Crippen molar-refractivity contribution in [2.75, 3.05) is 0 Å². The zero-order valence-corrected chi connectivity index (χ0v) is 14.3. The van der Waals surface area contributed by atoms with E-state index in [-0.39, 0.29) is 0 Å². The predicted octanol–water partition coefficient (Wildman–Crippen LogP) is 6.57. The number of fused-ring (bicyclic) bond motifs is 1. The maximum Gasteiger partial charge on any atom is 0.119 e. The lowest BCUT2D eigenvalue weighted by molar-refractivity contribution is 0.976. The lowest BCUT2D eigenvalue weighted by Crippen LogP contribution is -1.90. The Kier molecular flexibility index (Phi) is 3.90. The molecule has 122 valence electrons. The van der Waals surface area contributed by atoms with Crippen LogP contribution in [0.4, 0.5) is 11.4 Å². The van der Waals surface area contributed by atoms with Crippen molar-refractivity contribution >= 4 is 22.3 Å². The predicted molar refractivity (Wildman–Crippen MR) is 104 cm³/mol. The Morgan fingerprint density at radius 1 is 0.720 bits per heavy atom. The average molecular weight is 325 g/mol. The number of rotatable bonds is 3. The zero-order valence-electron chi connectivity index (χ0n) is 14.3. The molecule has 0 bridgehead atoms. The summed E-state index contributed by atoms with van der Waals surface area (Å²) in [5.41, 5.74) is 6.35. The number of hydrogen-bond acceptors (Lipinski definition) is 2. The van der Waals surface area contributed by atoms with E-state index < -0.39 is 0 Å². The van der Waals surface area contributed by atoms with Crippen molar-refractivity contribution in [1.82, 2.24) is 4.57 Å². The van der Waals surface area contributed by atoms with Gasteiger partial charge in [-0.2, -0.15) is 5.11 Å². The minimum Gasteiger partial charge on any atom is -0.342 e. The molecule has 0 aliphatic heterocycles. The van der Waals surface area contributed by atoms with Crippen LogP contribution in [0.25, 0.3) is 22.2 Å². The molecule has 0 saturated carbocycles. The number of aryl methyl sites for hydroxylation is 2. The molecule has 3 nitrogen and oxygen atoms in total. The van der Waals surface area contributed by atoms with E-state index in [0.717, 1.165) is 33.5 Å². The molecule has 0 amide bonds. The van der Waals surface area contributed by atoms with Gasteiger partial charge in [0.1, 0.15) is 5.69 Å². The van der Waals surface area contributed by atoms with E-state index >= 15 is 0 Å². The summed E-state index contributed by atoms with van der Waals surface area (Å²) in [7, 11) is 2.08. The maximum absolute atomic E-state index is 4.64. The molecule has 4 rings (SSSR count). The van der Waals surface area contributed by atoms with Crippen LogP contribution in [0.3, 0.4) is 0 Å². The Hall–Kier alpha value is -3.20. The van der Waals surface area contributed by atoms with Crippen molar-refractivity contribution < 1.29 is 0 Å². The first kappa shape index (κ1) is 15.3. The van der Waals surface area contributed by atoms with E-state index in [9.17, 15) is 0 Å². The molecule has 0 fully saturated rings. The van der Waals surface area contributed by atoms with Crippen molar-refractivity contribution in [3.05, 3.63) is 84.4 Å². The molecule has 0 atom stereocenters. The summed E-state index contributed by atoms with van der Waals surface area (Å²) in [6.07, 6.45) is 0. The smallest absolute Gasteiger partial charge is 0.119 e. The van der Waals surface area contributed by atoms with Gasteiger partial charge in [0.15, 0.2) is 0 Å². The van der Waals surface area contributed by atoms with Gasteiger partial charge in [0.05, 0.1) is 16.9 Å². The summed E-state index contributed by atoms with van der Waals surface area (Å²) in [6.45, 7) is 2.07. The molecule has 4 aromatic rings. The number of nitrogens with zero attached hydrogens (tertiary/aromatic N) is 3. The molecule has 0 radical (unpaired) electrons. The zero-order chi connectivity index (χ0) is 17.2. The minimum atomic E-state index is 0.859. The van der Waals surface area contributed by atoms with Crippen molar-refractivity contribution in [3.8, 4) is 11.3 Å². The normalized spacial score (nSPS) is 11.4. The van der Waals surface area contributed by atoms with Gasteiger partial charge < -0.3 is 4.57 Å². The Labute approximate surface area is 147 Å². The molecule has 1 aromatic heterocycles. The van der Waals surface area contributed by atoms with Gasteiger partial charge in [-0.15, -0.1) is 5.11 Å². The topological polar surface area (TPSA) is 29.6 Å². The standard InChI is InChI=1S/C22H19N3/c1-16-12-14-18(15-13-16)23-24-21-19-10-6-7-11-20(19)25(2)22(21)17-8-4-3-5-9-17/h3-15H,1-2H3. The second kappa shape index (κ2) is 6.36. The Morgan fingerprint density at radius 2 is 1.40 bits per heavy atom. The summed E-state index contributed by atoms with van der Waals surface area (Å²) in [5, 5.41) is 10.2. The van der Waals surface area contributed by atoms with Gasteiger partial charge >= 0.3 is 0 Å². The van der Waals surface area contributed by atoms with Crippen LogP contribution in [-0.4, -0.2) is 4.57 Å². The highest BCUT2D eigenvalue weighted by Crippen LogP contribution is 2.40. The lowest BCUT2D eigenvalue weighted by atomic mass is 10.1. The van der Waals surface area contributed by atoms with Crippen molar-refractivity contribution in [2.45, 2.75) is 6.92 Å². The summed E-state index contributed by atoms with van der Waals surface area (Å²) < 4.78 is 2.19. The molecule has 3 aromatic carbocycles. The molecule has 0 unspecified atom stereocenters. The SMILES string of the molecule is Cc1ccc(N=Nc2c(-c3ccccc3)n(C)c3ccccc23)cc1. The summed E-state index contributed by atoms with van der Waals surface area (Å²) >= 11 is 0. The molecular formula is C22H19N3. The van der Waals surface area contributed by atoms with E-state index in [4.69, 9.17) is 0 Å². The maximum atomic E-state index is 4.64. The van der Waals surface area contributed by atoms with Gasteiger partial charge in [-0.25, -0.2) is 0 Å². The number of hydrogen-bond donors (Lipinski definition) is 0. The van der Waals surface area contributed by atoms with E-state index in [1.54, 1.807) is 0 Å². The third-order valence-corrected chi connectivity index (χ3v) is 4.43. The third kappa shape index (κ3) is 2.85. The Balaban J connectivity index is 1.91. The molecule has 0 saturated heterocycles. The van der Waals surface area contributed by atoms with Gasteiger partial charge in [0, 0.05) is 18.0 Å². The highest BCUT2D eigenvalue weighted by molar-refractivity contribution is 6.00. The van der Waals surface area contributed by atoms with Crippen LogP contribution in [-0.2, 0) is 7.05 Å². The van der Waals surface area contributed by atoms with Gasteiger partial charge in [0.2, 0.25) is 0 Å². The van der Waals surface area contributed by atoms with Crippen LogP contribution in [0.15, 0.2) is 89.1 Å². The van der Waals surface area contributed by atoms with Gasteiger partial charge in [-0.05, 0) is 25.1 Å². The van der Waals surface area contributed by atoms with Crippen LogP contribution in [0.1, 0.15) is 5.56 Å². The number of azo groups is 1. The summed E-state index contributed by atoms with van der Waals surface area (Å²) in [4.78, 5) is 0. The molecule has 3 heteroatoms. The highest BCUT2D eigenvalue weighted by atomic mass is 15.1. The fourth-order valence-corrected chi connectivity index (χ4v) is 3.12. The first-order chi connectivity index (χ1) is 12.2. The summed E-state index contributed by atoms with van der Waals surface area (Å²) in [5.74, 6) is 0. The molecule has 0 spiro atoms. The number of aromatic nitrogens is 1. The average Bonchev–Trinajstić information content (AvgIpc) is 2.94. The fraction of sp³-hybridized carbons (Fsp3) is 0.0909. The molecule has 25 heavy (non-hydrogen) atoms. The van der Waals surface area contributed by atoms with Crippen LogP contribution in [0, 0.1) is 6.92 Å². The van der Waals surface area contributed by atoms with E-state index in [0.29, 0.717) is 0 Å². The second-order valence-corrected chi connectivity index (χ2v) is 6.17. The first-order valence-electron chi connectivity index (χ1n) is 8.35.